The third-order valence-electron chi connectivity index (χ3n) is 5.41. The Labute approximate surface area is 173 Å². The number of rotatable bonds is 5. The quantitative estimate of drug-likeness (QED) is 0.468. The molecule has 0 saturated carbocycles. The Morgan fingerprint density at radius 2 is 2.07 bits per heavy atom. The van der Waals surface area contributed by atoms with Gasteiger partial charge in [0, 0.05) is 51.8 Å². The van der Waals surface area contributed by atoms with Gasteiger partial charge in [0.2, 0.25) is 0 Å². The van der Waals surface area contributed by atoms with Crippen molar-refractivity contribution in [2.75, 3.05) is 33.2 Å². The Hall–Kier alpha value is -2.43. The zero-order chi connectivity index (χ0) is 20.4. The van der Waals surface area contributed by atoms with E-state index < -0.39 is 0 Å². The number of pyridine rings is 1. The van der Waals surface area contributed by atoms with Crippen molar-refractivity contribution in [1.82, 2.24) is 24.5 Å². The number of nitrogens with one attached hydrogen (secondary N) is 1. The second-order valence-electron chi connectivity index (χ2n) is 7.65. The number of aryl methyl sites for hydroxylation is 2. The molecule has 2 aliphatic rings. The molecule has 0 radical (unpaired) electrons. The molecule has 2 aromatic rings. The van der Waals surface area contributed by atoms with E-state index in [0.29, 0.717) is 8.58 Å². The summed E-state index contributed by atoms with van der Waals surface area (Å²) in [5.41, 5.74) is 5.43. The monoisotopic (exact) mass is 409 g/mol. The third-order valence-corrected chi connectivity index (χ3v) is 7.07. The Balaban J connectivity index is 1.55. The number of allylic oxidation sites excluding steroid dienone is 2. The second-order valence-corrected chi connectivity index (χ2v) is 9.07. The van der Waals surface area contributed by atoms with Crippen molar-refractivity contribution in [3.05, 3.63) is 65.4 Å². The molecule has 0 aromatic carbocycles. The summed E-state index contributed by atoms with van der Waals surface area (Å²) >= 11 is 0. The van der Waals surface area contributed by atoms with Gasteiger partial charge in [0.05, 0.1) is 17.2 Å². The summed E-state index contributed by atoms with van der Waals surface area (Å²) in [6.45, 7) is 8.21. The fourth-order valence-corrected chi connectivity index (χ4v) is 5.17. The Morgan fingerprint density at radius 3 is 2.79 bits per heavy atom. The minimum Gasteiger partial charge on any atom is -0.368 e. The van der Waals surface area contributed by atoms with E-state index >= 15 is 0 Å². The second kappa shape index (κ2) is 8.52. The predicted molar refractivity (Wildman–Crippen MR) is 120 cm³/mol. The van der Waals surface area contributed by atoms with Crippen molar-refractivity contribution in [1.29, 1.82) is 0 Å². The van der Waals surface area contributed by atoms with Crippen LogP contribution in [0.15, 0.2) is 48.6 Å². The summed E-state index contributed by atoms with van der Waals surface area (Å²) in [5.74, 6) is 0.244. The van der Waals surface area contributed by atoms with Crippen molar-refractivity contribution < 1.29 is 4.79 Å². The van der Waals surface area contributed by atoms with Gasteiger partial charge in [0.1, 0.15) is 11.9 Å². The summed E-state index contributed by atoms with van der Waals surface area (Å²) in [4.78, 5) is 20.6. The van der Waals surface area contributed by atoms with E-state index in [2.05, 4.69) is 69.1 Å². The van der Waals surface area contributed by atoms with Crippen LogP contribution in [0.2, 0.25) is 0 Å². The van der Waals surface area contributed by atoms with Crippen LogP contribution in [-0.4, -0.2) is 64.5 Å². The molecule has 2 atom stereocenters. The molecule has 2 unspecified atom stereocenters. The molecular weight excluding hydrogens is 381 g/mol. The molecule has 6 nitrogen and oxygen atoms in total. The number of aromatic nitrogens is 2. The lowest BCUT2D eigenvalue weighted by atomic mass is 10.2. The number of imidazole rings is 1. The number of aldehydes is 1. The Kier molecular flexibility index (Phi) is 5.84. The van der Waals surface area contributed by atoms with E-state index in [9.17, 15) is 4.79 Å². The van der Waals surface area contributed by atoms with Crippen LogP contribution in [0, 0.1) is 13.8 Å². The van der Waals surface area contributed by atoms with E-state index in [1.807, 2.05) is 13.1 Å². The summed E-state index contributed by atoms with van der Waals surface area (Å²) < 4.78 is 2.06. The smallest absolute Gasteiger partial charge is 0.143 e. The molecule has 2 aliphatic heterocycles. The normalized spacial score (nSPS) is 20.7. The van der Waals surface area contributed by atoms with Gasteiger partial charge in [-0.3, -0.25) is 4.79 Å². The largest absolute Gasteiger partial charge is 0.368 e. The lowest BCUT2D eigenvalue weighted by molar-refractivity contribution is -0.104. The number of piperazine rings is 1. The number of nitrogens with zero attached hydrogens (tertiary/aromatic N) is 4. The zero-order valence-corrected chi connectivity index (χ0v) is 18.2. The number of carbonyl (C=O) groups excluding carboxylic acids is 1. The first-order valence-corrected chi connectivity index (χ1v) is 11.1. The van der Waals surface area contributed by atoms with Crippen molar-refractivity contribution >= 4 is 25.8 Å². The first-order chi connectivity index (χ1) is 14.0. The van der Waals surface area contributed by atoms with Crippen LogP contribution in [-0.2, 0) is 4.79 Å². The van der Waals surface area contributed by atoms with E-state index in [-0.39, 0.29) is 5.78 Å². The molecule has 29 heavy (non-hydrogen) atoms. The first kappa shape index (κ1) is 19.9. The number of likely N-dealkylation sites (N-methyl/N-ethyl adjacent to an activating group) is 1. The first-order valence-electron chi connectivity index (χ1n) is 10.0. The fraction of sp³-hybridized carbons (Fsp3) is 0.364. The van der Waals surface area contributed by atoms with Gasteiger partial charge in [-0.25, -0.2) is 4.98 Å². The van der Waals surface area contributed by atoms with Gasteiger partial charge in [-0.1, -0.05) is 14.7 Å². The summed E-state index contributed by atoms with van der Waals surface area (Å²) in [6, 6.07) is 2.14. The Bertz CT molecular complexity index is 1000. The zero-order valence-electron chi connectivity index (χ0n) is 17.2. The molecule has 4 heterocycles. The molecule has 0 amide bonds. The molecule has 1 fully saturated rings. The predicted octanol–water partition coefficient (Wildman–Crippen LogP) is 2.74. The molecular formula is C22H28N5OP. The number of fused-ring (bicyclic) bond motifs is 1. The fourth-order valence-electron chi connectivity index (χ4n) is 3.91. The molecule has 1 N–H and O–H groups in total. The third kappa shape index (κ3) is 4.29. The van der Waals surface area contributed by atoms with Gasteiger partial charge in [-0.2, -0.15) is 0 Å². The average molecular weight is 409 g/mol. The maximum Gasteiger partial charge on any atom is 0.143 e. The van der Waals surface area contributed by atoms with Crippen LogP contribution in [0.5, 0.6) is 0 Å². The standard InChI is InChI=1S/C22H28N5OP/c1-16-12-18(14-27-13-17(2)24-22(16)27)20(6-11-28)29-21-5-4-19(15-25(21)3)26-9-7-23-8-10-26/h4-6,11-15,21,23,29H,7-10H2,1-3H3/b20-6-. The highest BCUT2D eigenvalue weighted by Crippen LogP contribution is 2.41. The Morgan fingerprint density at radius 1 is 1.28 bits per heavy atom. The molecule has 1 saturated heterocycles. The van der Waals surface area contributed by atoms with E-state index in [0.717, 1.165) is 60.2 Å². The number of hydrogen-bond acceptors (Lipinski definition) is 5. The van der Waals surface area contributed by atoms with E-state index in [1.165, 1.54) is 5.70 Å². The molecule has 0 aliphatic carbocycles. The van der Waals surface area contributed by atoms with Crippen molar-refractivity contribution in [2.24, 2.45) is 0 Å². The van der Waals surface area contributed by atoms with Crippen molar-refractivity contribution in [3.8, 4) is 0 Å². The maximum atomic E-state index is 11.4. The van der Waals surface area contributed by atoms with Crippen molar-refractivity contribution in [3.63, 3.8) is 0 Å². The van der Waals surface area contributed by atoms with Crippen LogP contribution in [0.4, 0.5) is 0 Å². The molecule has 7 heteroatoms. The minimum absolute atomic E-state index is 0.244. The van der Waals surface area contributed by atoms with Crippen LogP contribution in [0.3, 0.4) is 0 Å². The topological polar surface area (TPSA) is 52.9 Å². The van der Waals surface area contributed by atoms with Gasteiger partial charge in [0.25, 0.3) is 0 Å². The molecule has 152 valence electrons. The highest BCUT2D eigenvalue weighted by atomic mass is 31.1. The number of carbonyl (C=O) groups is 1. The summed E-state index contributed by atoms with van der Waals surface area (Å²) in [7, 11) is 2.59. The molecule has 4 rings (SSSR count). The number of hydrogen-bond donors (Lipinski definition) is 1. The molecule has 2 aromatic heterocycles. The average Bonchev–Trinajstić information content (AvgIpc) is 3.10. The summed E-state index contributed by atoms with van der Waals surface area (Å²) in [5, 5.41) is 4.47. The van der Waals surface area contributed by atoms with Gasteiger partial charge < -0.3 is 19.5 Å². The highest BCUT2D eigenvalue weighted by molar-refractivity contribution is 7.51. The minimum atomic E-state index is 0.244. The lowest BCUT2D eigenvalue weighted by Gasteiger charge is -2.35. The van der Waals surface area contributed by atoms with E-state index in [4.69, 9.17) is 0 Å². The van der Waals surface area contributed by atoms with Gasteiger partial charge in [-0.05, 0) is 48.5 Å². The maximum absolute atomic E-state index is 11.4. The van der Waals surface area contributed by atoms with Crippen LogP contribution < -0.4 is 5.32 Å². The van der Waals surface area contributed by atoms with E-state index in [1.54, 1.807) is 6.08 Å². The van der Waals surface area contributed by atoms with Crippen molar-refractivity contribution in [2.45, 2.75) is 19.6 Å². The van der Waals surface area contributed by atoms with Gasteiger partial charge in [-0.15, -0.1) is 0 Å². The van der Waals surface area contributed by atoms with Gasteiger partial charge in [0.15, 0.2) is 0 Å². The van der Waals surface area contributed by atoms with Crippen LogP contribution in [0.1, 0.15) is 16.8 Å². The van der Waals surface area contributed by atoms with Crippen LogP contribution >= 0.6 is 8.58 Å². The molecule has 0 bridgehead atoms. The lowest BCUT2D eigenvalue weighted by Crippen LogP contribution is -2.43. The molecule has 0 spiro atoms. The van der Waals surface area contributed by atoms with Gasteiger partial charge >= 0.3 is 0 Å². The SMILES string of the molecule is Cc1cn2cc(/C(=C/C=O)PC3C=CC(N4CCNCC4)=CN3C)cc(C)c2n1. The highest BCUT2D eigenvalue weighted by Gasteiger charge is 2.20. The van der Waals surface area contributed by atoms with Crippen LogP contribution in [0.25, 0.3) is 11.0 Å². The summed E-state index contributed by atoms with van der Waals surface area (Å²) in [6.07, 6.45) is 13.4.